The van der Waals surface area contributed by atoms with Crippen LogP contribution in [0.4, 0.5) is 0 Å². The molecule has 0 unspecified atom stereocenters. The number of rotatable bonds is 1. The summed E-state index contributed by atoms with van der Waals surface area (Å²) in [6, 6.07) is 23.6. The van der Waals surface area contributed by atoms with Crippen LogP contribution >= 0.6 is 0 Å². The SMILES string of the molecule is Bc1ccc2c(c1)-c1c(C#N)ccc(-c3ccccc3)c1C2(C)C. The summed E-state index contributed by atoms with van der Waals surface area (Å²) in [6.07, 6.45) is 0. The van der Waals surface area contributed by atoms with Gasteiger partial charge in [-0.2, -0.15) is 5.26 Å². The highest BCUT2D eigenvalue weighted by molar-refractivity contribution is 6.32. The predicted octanol–water partition coefficient (Wildman–Crippen LogP) is 3.79. The summed E-state index contributed by atoms with van der Waals surface area (Å²) < 4.78 is 0. The van der Waals surface area contributed by atoms with Crippen LogP contribution in [0.15, 0.2) is 60.7 Å². The summed E-state index contributed by atoms with van der Waals surface area (Å²) in [5.41, 5.74) is 9.21. The molecular weight excluding hydrogens is 289 g/mol. The molecule has 2 heteroatoms. The molecule has 1 aliphatic carbocycles. The van der Waals surface area contributed by atoms with Crippen molar-refractivity contribution in [1.82, 2.24) is 0 Å². The van der Waals surface area contributed by atoms with Crippen LogP contribution in [0.25, 0.3) is 22.3 Å². The fourth-order valence-electron chi connectivity index (χ4n) is 4.03. The van der Waals surface area contributed by atoms with Gasteiger partial charge >= 0.3 is 0 Å². The van der Waals surface area contributed by atoms with Crippen molar-refractivity contribution in [3.05, 3.63) is 77.4 Å². The van der Waals surface area contributed by atoms with Crippen LogP contribution in [-0.4, -0.2) is 7.85 Å². The Morgan fingerprint density at radius 2 is 1.67 bits per heavy atom. The zero-order valence-corrected chi connectivity index (χ0v) is 14.2. The smallest absolute Gasteiger partial charge is 0.139 e. The van der Waals surface area contributed by atoms with E-state index < -0.39 is 0 Å². The van der Waals surface area contributed by atoms with Crippen LogP contribution in [-0.2, 0) is 5.41 Å². The molecule has 24 heavy (non-hydrogen) atoms. The first-order valence-corrected chi connectivity index (χ1v) is 8.28. The fourth-order valence-corrected chi connectivity index (χ4v) is 4.03. The third kappa shape index (κ3) is 1.95. The molecule has 0 saturated heterocycles. The van der Waals surface area contributed by atoms with Gasteiger partial charge < -0.3 is 0 Å². The van der Waals surface area contributed by atoms with Crippen molar-refractivity contribution in [2.45, 2.75) is 19.3 Å². The van der Waals surface area contributed by atoms with Gasteiger partial charge in [-0.25, -0.2) is 0 Å². The summed E-state index contributed by atoms with van der Waals surface area (Å²) in [7, 11) is 2.11. The minimum Gasteiger partial charge on any atom is -0.192 e. The minimum absolute atomic E-state index is 0.115. The Hall–Kier alpha value is -2.79. The predicted molar refractivity (Wildman–Crippen MR) is 102 cm³/mol. The molecule has 1 aliphatic rings. The monoisotopic (exact) mass is 307 g/mol. The van der Waals surface area contributed by atoms with Crippen molar-refractivity contribution in [2.75, 3.05) is 0 Å². The van der Waals surface area contributed by atoms with Gasteiger partial charge in [-0.15, -0.1) is 0 Å². The van der Waals surface area contributed by atoms with Gasteiger partial charge in [0.05, 0.1) is 11.6 Å². The number of fused-ring (bicyclic) bond motifs is 3. The molecular formula is C22H18BN. The lowest BCUT2D eigenvalue weighted by Gasteiger charge is -2.24. The third-order valence-electron chi connectivity index (χ3n) is 5.15. The number of benzene rings is 3. The molecule has 0 aliphatic heterocycles. The average molecular weight is 307 g/mol. The maximum Gasteiger partial charge on any atom is 0.139 e. The molecule has 3 aromatic carbocycles. The van der Waals surface area contributed by atoms with Gasteiger partial charge in [-0.3, -0.25) is 0 Å². The zero-order valence-electron chi connectivity index (χ0n) is 14.2. The fraction of sp³-hybridized carbons (Fsp3) is 0.136. The van der Waals surface area contributed by atoms with E-state index in [0.717, 1.165) is 11.1 Å². The lowest BCUT2D eigenvalue weighted by molar-refractivity contribution is 0.662. The van der Waals surface area contributed by atoms with Crippen molar-refractivity contribution < 1.29 is 0 Å². The van der Waals surface area contributed by atoms with Crippen molar-refractivity contribution >= 4 is 13.3 Å². The third-order valence-corrected chi connectivity index (χ3v) is 5.15. The Kier molecular flexibility index (Phi) is 3.15. The molecule has 0 bridgehead atoms. The van der Waals surface area contributed by atoms with Crippen molar-refractivity contribution in [2.24, 2.45) is 0 Å². The van der Waals surface area contributed by atoms with Crippen molar-refractivity contribution in [3.63, 3.8) is 0 Å². The van der Waals surface area contributed by atoms with Crippen LogP contribution in [0, 0.1) is 11.3 Å². The quantitative estimate of drug-likeness (QED) is 0.628. The van der Waals surface area contributed by atoms with E-state index in [-0.39, 0.29) is 5.41 Å². The van der Waals surface area contributed by atoms with Gasteiger partial charge in [-0.1, -0.05) is 73.9 Å². The Balaban J connectivity index is 2.13. The Labute approximate surface area is 144 Å². The van der Waals surface area contributed by atoms with Gasteiger partial charge in [-0.05, 0) is 33.9 Å². The molecule has 4 rings (SSSR count). The molecule has 0 radical (unpaired) electrons. The Bertz CT molecular complexity index is 994. The maximum atomic E-state index is 9.68. The lowest BCUT2D eigenvalue weighted by Crippen LogP contribution is -2.17. The normalized spacial score (nSPS) is 13.9. The highest BCUT2D eigenvalue weighted by Gasteiger charge is 2.39. The van der Waals surface area contributed by atoms with Gasteiger partial charge in [0.2, 0.25) is 0 Å². The lowest BCUT2D eigenvalue weighted by atomic mass is 9.78. The summed E-state index contributed by atoms with van der Waals surface area (Å²) >= 11 is 0. The number of hydrogen-bond acceptors (Lipinski definition) is 1. The number of nitriles is 1. The van der Waals surface area contributed by atoms with E-state index in [9.17, 15) is 5.26 Å². The van der Waals surface area contributed by atoms with E-state index in [2.05, 4.69) is 76.3 Å². The number of hydrogen-bond donors (Lipinski definition) is 0. The molecule has 0 fully saturated rings. The first-order valence-electron chi connectivity index (χ1n) is 8.28. The largest absolute Gasteiger partial charge is 0.192 e. The van der Waals surface area contributed by atoms with Crippen LogP contribution in [0.5, 0.6) is 0 Å². The van der Waals surface area contributed by atoms with Crippen LogP contribution in [0.3, 0.4) is 0 Å². The molecule has 0 saturated carbocycles. The van der Waals surface area contributed by atoms with Gasteiger partial charge in [0, 0.05) is 11.0 Å². The second-order valence-corrected chi connectivity index (χ2v) is 7.06. The van der Waals surface area contributed by atoms with Crippen molar-refractivity contribution in [3.8, 4) is 28.3 Å². The Morgan fingerprint density at radius 3 is 2.38 bits per heavy atom. The maximum absolute atomic E-state index is 9.68. The van der Waals surface area contributed by atoms with E-state index in [4.69, 9.17) is 0 Å². The van der Waals surface area contributed by atoms with Gasteiger partial charge in [0.15, 0.2) is 0 Å². The molecule has 3 aromatic rings. The highest BCUT2D eigenvalue weighted by atomic mass is 14.4. The van der Waals surface area contributed by atoms with E-state index in [1.165, 1.54) is 33.3 Å². The zero-order chi connectivity index (χ0) is 16.9. The topological polar surface area (TPSA) is 23.8 Å². The molecule has 114 valence electrons. The summed E-state index contributed by atoms with van der Waals surface area (Å²) in [4.78, 5) is 0. The van der Waals surface area contributed by atoms with Crippen LogP contribution in [0.2, 0.25) is 0 Å². The van der Waals surface area contributed by atoms with E-state index in [1.54, 1.807) is 0 Å². The average Bonchev–Trinajstić information content (AvgIpc) is 2.83. The van der Waals surface area contributed by atoms with E-state index in [0.29, 0.717) is 0 Å². The second kappa shape index (κ2) is 5.11. The van der Waals surface area contributed by atoms with E-state index >= 15 is 0 Å². The Morgan fingerprint density at radius 1 is 0.917 bits per heavy atom. The molecule has 0 N–H and O–H groups in total. The number of nitrogens with zero attached hydrogens (tertiary/aromatic N) is 1. The standard InChI is InChI=1S/C22H18BN/c1-22(2)19-11-9-16(23)12-18(19)20-15(13-24)8-10-17(21(20)22)14-6-4-3-5-7-14/h3-12H,23H2,1-2H3. The summed E-state index contributed by atoms with van der Waals surface area (Å²) in [6.45, 7) is 4.53. The van der Waals surface area contributed by atoms with Crippen LogP contribution in [0.1, 0.15) is 30.5 Å². The minimum atomic E-state index is -0.115. The van der Waals surface area contributed by atoms with E-state index in [1.807, 2.05) is 12.1 Å². The molecule has 0 heterocycles. The summed E-state index contributed by atoms with van der Waals surface area (Å²) in [5, 5.41) is 9.68. The molecule has 0 atom stereocenters. The highest BCUT2D eigenvalue weighted by Crippen LogP contribution is 2.52. The second-order valence-electron chi connectivity index (χ2n) is 7.06. The molecule has 0 aromatic heterocycles. The van der Waals surface area contributed by atoms with Gasteiger partial charge in [0.1, 0.15) is 7.85 Å². The first kappa shape index (κ1) is 14.8. The van der Waals surface area contributed by atoms with Gasteiger partial charge in [0.25, 0.3) is 0 Å². The summed E-state index contributed by atoms with van der Waals surface area (Å²) in [5.74, 6) is 0. The molecule has 1 nitrogen and oxygen atoms in total. The molecule has 0 spiro atoms. The van der Waals surface area contributed by atoms with Crippen molar-refractivity contribution in [1.29, 1.82) is 5.26 Å². The van der Waals surface area contributed by atoms with Crippen LogP contribution < -0.4 is 5.46 Å². The first-order chi connectivity index (χ1) is 11.5. The molecule has 0 amide bonds.